The highest BCUT2D eigenvalue weighted by molar-refractivity contribution is 5.90. The van der Waals surface area contributed by atoms with Crippen LogP contribution >= 0.6 is 0 Å². The average molecular weight is 248 g/mol. The van der Waals surface area contributed by atoms with Gasteiger partial charge in [-0.25, -0.2) is 9.79 Å². The first-order valence-electron chi connectivity index (χ1n) is 5.65. The zero-order chi connectivity index (χ0) is 13.4. The largest absolute Gasteiger partial charge is 0.495 e. The molecular formula is C13H16N2O3. The zero-order valence-electron chi connectivity index (χ0n) is 10.5. The summed E-state index contributed by atoms with van der Waals surface area (Å²) < 4.78 is 5.16. The van der Waals surface area contributed by atoms with E-state index in [2.05, 4.69) is 10.3 Å². The molecule has 0 fully saturated rings. The first-order valence-corrected chi connectivity index (χ1v) is 5.65. The van der Waals surface area contributed by atoms with Crippen LogP contribution in [0.5, 0.6) is 5.75 Å². The lowest BCUT2D eigenvalue weighted by Crippen LogP contribution is -2.07. The fourth-order valence-electron chi connectivity index (χ4n) is 1.61. The topological polar surface area (TPSA) is 67.8 Å². The molecule has 0 radical (unpaired) electrons. The second-order valence-electron chi connectivity index (χ2n) is 3.79. The van der Waals surface area contributed by atoms with Crippen LogP contribution in [0.2, 0.25) is 0 Å². The molecule has 0 saturated heterocycles. The summed E-state index contributed by atoms with van der Waals surface area (Å²) in [4.78, 5) is 24.5. The van der Waals surface area contributed by atoms with Gasteiger partial charge in [-0.3, -0.25) is 4.79 Å². The number of rotatable bonds is 6. The molecule has 0 aromatic heterocycles. The van der Waals surface area contributed by atoms with E-state index >= 15 is 0 Å². The summed E-state index contributed by atoms with van der Waals surface area (Å²) >= 11 is 0. The average Bonchev–Trinajstić information content (AvgIpc) is 2.34. The molecule has 0 spiro atoms. The quantitative estimate of drug-likeness (QED) is 0.475. The van der Waals surface area contributed by atoms with Crippen LogP contribution in [0.25, 0.3) is 0 Å². The monoisotopic (exact) mass is 248 g/mol. The Bertz CT molecular complexity index is 465. The normalized spacial score (nSPS) is 9.44. The van der Waals surface area contributed by atoms with Crippen LogP contribution in [0.3, 0.4) is 0 Å². The number of hydrogen-bond donors (Lipinski definition) is 1. The number of benzene rings is 1. The van der Waals surface area contributed by atoms with Gasteiger partial charge in [0.05, 0.1) is 19.3 Å². The molecule has 5 heteroatoms. The van der Waals surface area contributed by atoms with Gasteiger partial charge in [-0.05, 0) is 30.5 Å². The molecule has 0 aliphatic heterocycles. The summed E-state index contributed by atoms with van der Waals surface area (Å²) in [6.45, 7) is 1.91. The predicted octanol–water partition coefficient (Wildman–Crippen LogP) is 1.92. The lowest BCUT2D eigenvalue weighted by molar-refractivity contribution is -0.114. The number of amides is 1. The van der Waals surface area contributed by atoms with Gasteiger partial charge in [0, 0.05) is 6.92 Å². The van der Waals surface area contributed by atoms with Gasteiger partial charge in [0.2, 0.25) is 12.0 Å². The smallest absolute Gasteiger partial charge is 0.234 e. The number of carbonyl (C=O) groups is 1. The third kappa shape index (κ3) is 4.39. The van der Waals surface area contributed by atoms with E-state index in [1.165, 1.54) is 13.0 Å². The number of nitrogens with zero attached hydrogens (tertiary/aromatic N) is 1. The van der Waals surface area contributed by atoms with Gasteiger partial charge < -0.3 is 10.1 Å². The maximum Gasteiger partial charge on any atom is 0.234 e. The molecule has 1 amide bonds. The summed E-state index contributed by atoms with van der Waals surface area (Å²) in [7, 11) is 1.55. The Hall–Kier alpha value is -2.13. The van der Waals surface area contributed by atoms with Crippen molar-refractivity contribution in [1.82, 2.24) is 0 Å². The second-order valence-corrected chi connectivity index (χ2v) is 3.79. The molecule has 0 unspecified atom stereocenters. The van der Waals surface area contributed by atoms with Crippen molar-refractivity contribution in [3.8, 4) is 5.75 Å². The minimum atomic E-state index is -0.143. The van der Waals surface area contributed by atoms with E-state index in [0.717, 1.165) is 18.4 Å². The van der Waals surface area contributed by atoms with Gasteiger partial charge >= 0.3 is 0 Å². The maximum absolute atomic E-state index is 11.1. The van der Waals surface area contributed by atoms with Gasteiger partial charge in [-0.2, -0.15) is 0 Å². The predicted molar refractivity (Wildman–Crippen MR) is 68.6 cm³/mol. The van der Waals surface area contributed by atoms with Crippen molar-refractivity contribution in [2.45, 2.75) is 19.8 Å². The van der Waals surface area contributed by atoms with E-state index in [4.69, 9.17) is 4.74 Å². The Balaban J connectivity index is 2.75. The van der Waals surface area contributed by atoms with E-state index in [1.54, 1.807) is 7.11 Å². The molecule has 18 heavy (non-hydrogen) atoms. The van der Waals surface area contributed by atoms with Crippen LogP contribution in [-0.2, 0) is 16.0 Å². The molecule has 1 aromatic rings. The number of ether oxygens (including phenoxy) is 1. The zero-order valence-corrected chi connectivity index (χ0v) is 10.5. The Morgan fingerprint density at radius 2 is 2.28 bits per heavy atom. The number of aliphatic imine (C=N–C) groups is 1. The van der Waals surface area contributed by atoms with Crippen molar-refractivity contribution in [3.05, 3.63) is 23.8 Å². The molecule has 5 nitrogen and oxygen atoms in total. The number of anilines is 1. The first-order chi connectivity index (χ1) is 8.67. The highest BCUT2D eigenvalue weighted by atomic mass is 16.5. The van der Waals surface area contributed by atoms with E-state index < -0.39 is 0 Å². The van der Waals surface area contributed by atoms with Gasteiger partial charge in [0.25, 0.3) is 0 Å². The van der Waals surface area contributed by atoms with Crippen molar-refractivity contribution in [1.29, 1.82) is 0 Å². The third-order valence-electron chi connectivity index (χ3n) is 2.37. The Morgan fingerprint density at radius 3 is 2.89 bits per heavy atom. The minimum Gasteiger partial charge on any atom is -0.495 e. The van der Waals surface area contributed by atoms with Gasteiger partial charge in [-0.1, -0.05) is 6.07 Å². The number of methoxy groups -OCH3 is 1. The minimum absolute atomic E-state index is 0.143. The summed E-state index contributed by atoms with van der Waals surface area (Å²) in [5.74, 6) is 0.482. The molecule has 0 aliphatic carbocycles. The van der Waals surface area contributed by atoms with E-state index in [0.29, 0.717) is 18.0 Å². The summed E-state index contributed by atoms with van der Waals surface area (Å²) in [6, 6.07) is 5.60. The Morgan fingerprint density at radius 1 is 1.50 bits per heavy atom. The SMILES string of the molecule is COc1ccc(CCCN=C=O)cc1NC(C)=O. The molecule has 1 aromatic carbocycles. The van der Waals surface area contributed by atoms with Crippen molar-refractivity contribution in [3.63, 3.8) is 0 Å². The van der Waals surface area contributed by atoms with Crippen LogP contribution < -0.4 is 10.1 Å². The van der Waals surface area contributed by atoms with Gasteiger partial charge in [0.1, 0.15) is 5.75 Å². The highest BCUT2D eigenvalue weighted by Gasteiger charge is 2.05. The van der Waals surface area contributed by atoms with Crippen LogP contribution in [0, 0.1) is 0 Å². The fraction of sp³-hybridized carbons (Fsp3) is 0.385. The Labute approximate surface area is 106 Å². The maximum atomic E-state index is 11.1. The molecule has 0 atom stereocenters. The first kappa shape index (κ1) is 13.9. The van der Waals surface area contributed by atoms with Gasteiger partial charge in [0.15, 0.2) is 0 Å². The van der Waals surface area contributed by atoms with Crippen molar-refractivity contribution in [2.75, 3.05) is 19.0 Å². The van der Waals surface area contributed by atoms with Gasteiger partial charge in [-0.15, -0.1) is 0 Å². The van der Waals surface area contributed by atoms with Crippen molar-refractivity contribution < 1.29 is 14.3 Å². The molecule has 0 bridgehead atoms. The van der Waals surface area contributed by atoms with Crippen molar-refractivity contribution >= 4 is 17.7 Å². The molecule has 0 aliphatic rings. The Kier molecular flexibility index (Phi) is 5.61. The summed E-state index contributed by atoms with van der Waals surface area (Å²) in [5.41, 5.74) is 1.71. The van der Waals surface area contributed by atoms with E-state index in [9.17, 15) is 9.59 Å². The number of nitrogens with one attached hydrogen (secondary N) is 1. The lowest BCUT2D eigenvalue weighted by Gasteiger charge is -2.10. The molecule has 1 rings (SSSR count). The number of carbonyl (C=O) groups excluding carboxylic acids is 2. The van der Waals surface area contributed by atoms with E-state index in [1.807, 2.05) is 18.2 Å². The van der Waals surface area contributed by atoms with Crippen molar-refractivity contribution in [2.24, 2.45) is 4.99 Å². The highest BCUT2D eigenvalue weighted by Crippen LogP contribution is 2.25. The molecule has 0 saturated carbocycles. The molecule has 1 N–H and O–H groups in total. The molecular weight excluding hydrogens is 232 g/mol. The molecule has 0 heterocycles. The summed E-state index contributed by atoms with van der Waals surface area (Å²) in [5, 5.41) is 2.72. The third-order valence-corrected chi connectivity index (χ3v) is 2.37. The number of isocyanates is 1. The number of hydrogen-bond acceptors (Lipinski definition) is 4. The van der Waals surface area contributed by atoms with Crippen LogP contribution in [0.4, 0.5) is 5.69 Å². The van der Waals surface area contributed by atoms with Crippen LogP contribution in [0.15, 0.2) is 23.2 Å². The fourth-order valence-corrected chi connectivity index (χ4v) is 1.61. The summed E-state index contributed by atoms with van der Waals surface area (Å²) in [6.07, 6.45) is 3.05. The number of aryl methyl sites for hydroxylation is 1. The second kappa shape index (κ2) is 7.25. The van der Waals surface area contributed by atoms with Crippen LogP contribution in [0.1, 0.15) is 18.9 Å². The van der Waals surface area contributed by atoms with Crippen LogP contribution in [-0.4, -0.2) is 25.6 Å². The molecule has 96 valence electrons. The lowest BCUT2D eigenvalue weighted by atomic mass is 10.1. The van der Waals surface area contributed by atoms with E-state index in [-0.39, 0.29) is 5.91 Å². The standard InChI is InChI=1S/C13H16N2O3/c1-10(17)15-12-8-11(4-3-7-14-9-16)5-6-13(12)18-2/h5-6,8H,3-4,7H2,1-2H3,(H,15,17).